The lowest BCUT2D eigenvalue weighted by molar-refractivity contribution is -0.137. The van der Waals surface area contributed by atoms with E-state index in [9.17, 15) is 4.79 Å². The number of hydrogen-bond acceptors (Lipinski definition) is 2. The summed E-state index contributed by atoms with van der Waals surface area (Å²) in [5.41, 5.74) is 6.75. The van der Waals surface area contributed by atoms with Gasteiger partial charge in [-0.25, -0.2) is 0 Å². The molecule has 0 aromatic carbocycles. The molecule has 0 unspecified atom stereocenters. The smallest absolute Gasteiger partial charge is 0.303 e. The molecule has 0 heterocycles. The highest BCUT2D eigenvalue weighted by molar-refractivity contribution is 5.66. The lowest BCUT2D eigenvalue weighted by atomic mass is 9.93. The molecule has 90 valence electrons. The van der Waals surface area contributed by atoms with E-state index in [4.69, 9.17) is 10.8 Å². The highest BCUT2D eigenvalue weighted by Gasteiger charge is 2.10. The number of carboxylic acid groups (broad SMARTS) is 1. The van der Waals surface area contributed by atoms with Gasteiger partial charge in [0.05, 0.1) is 0 Å². The van der Waals surface area contributed by atoms with Crippen LogP contribution in [0.4, 0.5) is 0 Å². The van der Waals surface area contributed by atoms with Gasteiger partial charge in [-0.1, -0.05) is 30.9 Å². The second kappa shape index (κ2) is 8.92. The van der Waals surface area contributed by atoms with E-state index in [2.05, 4.69) is 6.58 Å². The fraction of sp³-hybridized carbons (Fsp3) is 0.462. The monoisotopic (exact) mass is 223 g/mol. The number of aliphatic carboxylic acids is 1. The molecule has 0 amide bonds. The minimum absolute atomic E-state index is 0.199. The molecule has 1 atom stereocenters. The first kappa shape index (κ1) is 14.6. The van der Waals surface area contributed by atoms with Gasteiger partial charge in [-0.05, 0) is 37.8 Å². The minimum atomic E-state index is -0.756. The maximum Gasteiger partial charge on any atom is 0.303 e. The number of rotatable bonds is 8. The Balaban J connectivity index is 4.33. The maximum absolute atomic E-state index is 10.4. The molecule has 0 bridgehead atoms. The van der Waals surface area contributed by atoms with E-state index in [1.165, 1.54) is 0 Å². The summed E-state index contributed by atoms with van der Waals surface area (Å²) in [5.74, 6) is -0.554. The van der Waals surface area contributed by atoms with Crippen molar-refractivity contribution in [3.8, 4) is 0 Å². The quantitative estimate of drug-likeness (QED) is 0.621. The van der Waals surface area contributed by atoms with Gasteiger partial charge >= 0.3 is 5.97 Å². The zero-order chi connectivity index (χ0) is 12.4. The second-order valence-corrected chi connectivity index (χ2v) is 3.62. The lowest BCUT2D eigenvalue weighted by Gasteiger charge is -2.15. The number of allylic oxidation sites excluding steroid dienone is 4. The van der Waals surface area contributed by atoms with Gasteiger partial charge in [0.25, 0.3) is 0 Å². The van der Waals surface area contributed by atoms with Crippen molar-refractivity contribution < 1.29 is 9.90 Å². The number of carbonyl (C=O) groups is 1. The van der Waals surface area contributed by atoms with Crippen LogP contribution in [0, 0.1) is 5.92 Å². The highest BCUT2D eigenvalue weighted by atomic mass is 16.4. The van der Waals surface area contributed by atoms with Crippen LogP contribution >= 0.6 is 0 Å². The predicted octanol–water partition coefficient (Wildman–Crippen LogP) is 2.50. The topological polar surface area (TPSA) is 63.3 Å². The molecule has 0 rings (SSSR count). The zero-order valence-corrected chi connectivity index (χ0v) is 9.86. The van der Waals surface area contributed by atoms with Gasteiger partial charge in [-0.3, -0.25) is 4.79 Å². The van der Waals surface area contributed by atoms with Crippen molar-refractivity contribution >= 4 is 5.97 Å². The zero-order valence-electron chi connectivity index (χ0n) is 9.86. The molecular formula is C13H21NO2. The van der Waals surface area contributed by atoms with E-state index in [0.29, 0.717) is 13.0 Å². The fourth-order valence-electron chi connectivity index (χ4n) is 1.50. The summed E-state index contributed by atoms with van der Waals surface area (Å²) in [4.78, 5) is 10.4. The van der Waals surface area contributed by atoms with E-state index in [1.54, 1.807) is 6.08 Å². The summed E-state index contributed by atoms with van der Waals surface area (Å²) in [5, 5.41) is 8.56. The largest absolute Gasteiger partial charge is 0.481 e. The highest BCUT2D eigenvalue weighted by Crippen LogP contribution is 2.18. The van der Waals surface area contributed by atoms with Crippen LogP contribution in [0.25, 0.3) is 0 Å². The maximum atomic E-state index is 10.4. The summed E-state index contributed by atoms with van der Waals surface area (Å²) in [7, 11) is 0. The van der Waals surface area contributed by atoms with Gasteiger partial charge < -0.3 is 10.8 Å². The third-order valence-corrected chi connectivity index (χ3v) is 2.42. The van der Waals surface area contributed by atoms with Gasteiger partial charge in [0, 0.05) is 6.42 Å². The third-order valence-electron chi connectivity index (χ3n) is 2.42. The van der Waals surface area contributed by atoms with E-state index < -0.39 is 5.97 Å². The van der Waals surface area contributed by atoms with Crippen molar-refractivity contribution in [2.75, 3.05) is 6.54 Å². The van der Waals surface area contributed by atoms with Crippen molar-refractivity contribution in [2.24, 2.45) is 11.7 Å². The molecule has 3 nitrogen and oxygen atoms in total. The van der Waals surface area contributed by atoms with Crippen molar-refractivity contribution in [3.05, 3.63) is 36.5 Å². The Morgan fingerprint density at radius 1 is 1.56 bits per heavy atom. The van der Waals surface area contributed by atoms with Crippen molar-refractivity contribution in [3.63, 3.8) is 0 Å². The molecule has 0 aromatic rings. The van der Waals surface area contributed by atoms with Crippen molar-refractivity contribution in [1.29, 1.82) is 0 Å². The Hall–Kier alpha value is -1.35. The Kier molecular flexibility index (Phi) is 8.17. The molecule has 0 saturated heterocycles. The van der Waals surface area contributed by atoms with Crippen LogP contribution in [0.2, 0.25) is 0 Å². The molecule has 0 aliphatic carbocycles. The van der Waals surface area contributed by atoms with Gasteiger partial charge in [-0.2, -0.15) is 0 Å². The summed E-state index contributed by atoms with van der Waals surface area (Å²) in [6, 6.07) is 0. The van der Waals surface area contributed by atoms with Crippen LogP contribution in [0.1, 0.15) is 26.2 Å². The van der Waals surface area contributed by atoms with Crippen LogP contribution in [0.3, 0.4) is 0 Å². The summed E-state index contributed by atoms with van der Waals surface area (Å²) < 4.78 is 0. The van der Waals surface area contributed by atoms with Crippen LogP contribution < -0.4 is 5.73 Å². The average Bonchev–Trinajstić information content (AvgIpc) is 2.27. The van der Waals surface area contributed by atoms with E-state index >= 15 is 0 Å². The van der Waals surface area contributed by atoms with Crippen LogP contribution in [0.15, 0.2) is 36.5 Å². The SMILES string of the molecule is C=C/C(=C\C=C/C)[C@@H](CN)CCCC(=O)O. The van der Waals surface area contributed by atoms with E-state index in [0.717, 1.165) is 12.0 Å². The van der Waals surface area contributed by atoms with Crippen molar-refractivity contribution in [2.45, 2.75) is 26.2 Å². The Morgan fingerprint density at radius 3 is 2.69 bits per heavy atom. The van der Waals surface area contributed by atoms with Gasteiger partial charge in [0.15, 0.2) is 0 Å². The number of nitrogens with two attached hydrogens (primary N) is 1. The molecule has 0 aliphatic heterocycles. The summed E-state index contributed by atoms with van der Waals surface area (Å²) in [6.07, 6.45) is 9.29. The van der Waals surface area contributed by atoms with Crippen LogP contribution in [-0.2, 0) is 4.79 Å². The Morgan fingerprint density at radius 2 is 2.25 bits per heavy atom. The standard InChI is InChI=1S/C13H21NO2/c1-3-5-7-11(4-2)12(10-14)8-6-9-13(15)16/h3-5,7,12H,2,6,8-10,14H2,1H3,(H,15,16)/b5-3-,11-7+/t12-/m1/s1. The third kappa shape index (κ3) is 6.19. The predicted molar refractivity (Wildman–Crippen MR) is 67.1 cm³/mol. The molecular weight excluding hydrogens is 202 g/mol. The van der Waals surface area contributed by atoms with Crippen molar-refractivity contribution in [1.82, 2.24) is 0 Å². The fourth-order valence-corrected chi connectivity index (χ4v) is 1.50. The summed E-state index contributed by atoms with van der Waals surface area (Å²) >= 11 is 0. The van der Waals surface area contributed by atoms with Gasteiger partial charge in [0.1, 0.15) is 0 Å². The first-order valence-corrected chi connectivity index (χ1v) is 5.52. The lowest BCUT2D eigenvalue weighted by Crippen LogP contribution is -2.16. The second-order valence-electron chi connectivity index (χ2n) is 3.62. The van der Waals surface area contributed by atoms with Crippen LogP contribution in [0.5, 0.6) is 0 Å². The van der Waals surface area contributed by atoms with Crippen LogP contribution in [-0.4, -0.2) is 17.6 Å². The molecule has 0 aromatic heterocycles. The first-order chi connectivity index (χ1) is 7.65. The molecule has 0 spiro atoms. The van der Waals surface area contributed by atoms with E-state index in [-0.39, 0.29) is 12.3 Å². The van der Waals surface area contributed by atoms with E-state index in [1.807, 2.05) is 25.2 Å². The number of hydrogen-bond donors (Lipinski definition) is 2. The average molecular weight is 223 g/mol. The molecule has 0 radical (unpaired) electrons. The number of carboxylic acids is 1. The first-order valence-electron chi connectivity index (χ1n) is 5.52. The Bertz CT molecular complexity index is 280. The molecule has 0 fully saturated rings. The molecule has 16 heavy (non-hydrogen) atoms. The minimum Gasteiger partial charge on any atom is -0.481 e. The molecule has 3 N–H and O–H groups in total. The van der Waals surface area contributed by atoms with Gasteiger partial charge in [-0.15, -0.1) is 0 Å². The molecule has 0 aliphatic rings. The molecule has 3 heteroatoms. The molecule has 0 saturated carbocycles. The normalized spacial score (nSPS) is 14.0. The Labute approximate surface area is 97.3 Å². The van der Waals surface area contributed by atoms with Gasteiger partial charge in [0.2, 0.25) is 0 Å². The summed E-state index contributed by atoms with van der Waals surface area (Å²) in [6.45, 7) is 6.22.